The van der Waals surface area contributed by atoms with Crippen molar-refractivity contribution in [3.05, 3.63) is 23.6 Å². The molecule has 3 rings (SSSR count). The summed E-state index contributed by atoms with van der Waals surface area (Å²) in [5.41, 5.74) is -0.304. The Balaban J connectivity index is 1.74. The number of aromatic carboxylic acids is 1. The molecule has 0 aliphatic carbocycles. The van der Waals surface area contributed by atoms with E-state index in [0.29, 0.717) is 6.04 Å². The summed E-state index contributed by atoms with van der Waals surface area (Å²) >= 11 is 0. The molecule has 3 heterocycles. The number of aromatic nitrogens is 1. The zero-order valence-electron chi connectivity index (χ0n) is 12.0. The van der Waals surface area contributed by atoms with E-state index in [1.807, 2.05) is 4.90 Å². The van der Waals surface area contributed by atoms with Crippen molar-refractivity contribution in [1.29, 1.82) is 0 Å². The number of pyridine rings is 1. The first-order valence-corrected chi connectivity index (χ1v) is 7.53. The van der Waals surface area contributed by atoms with E-state index in [1.165, 1.54) is 31.5 Å². The highest BCUT2D eigenvalue weighted by molar-refractivity contribution is 5.88. The second-order valence-electron chi connectivity index (χ2n) is 5.79. The number of rotatable bonds is 3. The Hall–Kier alpha value is -1.69. The molecule has 2 fully saturated rings. The van der Waals surface area contributed by atoms with Gasteiger partial charge in [-0.1, -0.05) is 6.42 Å². The molecular weight excluding hydrogens is 273 g/mol. The lowest BCUT2D eigenvalue weighted by molar-refractivity contribution is 0.0691. The molecule has 2 aliphatic heterocycles. The Morgan fingerprint density at radius 1 is 1.29 bits per heavy atom. The zero-order chi connectivity index (χ0) is 14.8. The van der Waals surface area contributed by atoms with Crippen molar-refractivity contribution in [2.24, 2.45) is 0 Å². The van der Waals surface area contributed by atoms with Crippen molar-refractivity contribution >= 4 is 11.8 Å². The number of likely N-dealkylation sites (tertiary alicyclic amines) is 1. The zero-order valence-corrected chi connectivity index (χ0v) is 12.0. The molecule has 1 aromatic heterocycles. The lowest BCUT2D eigenvalue weighted by Crippen LogP contribution is -2.41. The highest BCUT2D eigenvalue weighted by Gasteiger charge is 2.31. The van der Waals surface area contributed by atoms with Crippen LogP contribution in [0, 0.1) is 5.82 Å². The average molecular weight is 293 g/mol. The number of halogens is 1. The van der Waals surface area contributed by atoms with E-state index in [2.05, 4.69) is 9.88 Å². The van der Waals surface area contributed by atoms with Crippen LogP contribution in [-0.4, -0.2) is 53.2 Å². The molecule has 2 aliphatic rings. The Morgan fingerprint density at radius 3 is 2.76 bits per heavy atom. The normalized spacial score (nSPS) is 23.5. The Bertz CT molecular complexity index is 532. The molecule has 0 aromatic carbocycles. The van der Waals surface area contributed by atoms with Crippen LogP contribution < -0.4 is 4.90 Å². The summed E-state index contributed by atoms with van der Waals surface area (Å²) in [5, 5.41) is 8.99. The van der Waals surface area contributed by atoms with Crippen molar-refractivity contribution < 1.29 is 14.3 Å². The summed E-state index contributed by atoms with van der Waals surface area (Å²) in [5.74, 6) is -1.79. The van der Waals surface area contributed by atoms with Crippen LogP contribution in [-0.2, 0) is 0 Å². The van der Waals surface area contributed by atoms with Crippen molar-refractivity contribution in [3.8, 4) is 0 Å². The molecule has 1 atom stereocenters. The first-order valence-electron chi connectivity index (χ1n) is 7.53. The van der Waals surface area contributed by atoms with Crippen LogP contribution >= 0.6 is 0 Å². The van der Waals surface area contributed by atoms with E-state index < -0.39 is 11.8 Å². The lowest BCUT2D eigenvalue weighted by atomic mass is 10.1. The van der Waals surface area contributed by atoms with Crippen molar-refractivity contribution in [3.63, 3.8) is 0 Å². The van der Waals surface area contributed by atoms with Crippen LogP contribution in [0.2, 0.25) is 0 Å². The van der Waals surface area contributed by atoms with Gasteiger partial charge in [0, 0.05) is 25.3 Å². The maximum absolute atomic E-state index is 14.2. The van der Waals surface area contributed by atoms with Gasteiger partial charge in [0.2, 0.25) is 0 Å². The number of nitrogens with zero attached hydrogens (tertiary/aromatic N) is 3. The molecule has 21 heavy (non-hydrogen) atoms. The quantitative estimate of drug-likeness (QED) is 0.923. The number of carboxylic acid groups (broad SMARTS) is 1. The van der Waals surface area contributed by atoms with Gasteiger partial charge in [0.05, 0.1) is 0 Å². The summed E-state index contributed by atoms with van der Waals surface area (Å²) in [4.78, 5) is 19.4. The maximum atomic E-state index is 14.2. The molecule has 6 heteroatoms. The molecule has 0 amide bonds. The summed E-state index contributed by atoms with van der Waals surface area (Å²) in [6.07, 6.45) is 6.12. The highest BCUT2D eigenvalue weighted by Crippen LogP contribution is 2.26. The van der Waals surface area contributed by atoms with Crippen molar-refractivity contribution in [2.75, 3.05) is 31.1 Å². The summed E-state index contributed by atoms with van der Waals surface area (Å²) in [7, 11) is 0. The van der Waals surface area contributed by atoms with E-state index >= 15 is 0 Å². The second kappa shape index (κ2) is 5.97. The van der Waals surface area contributed by atoms with Crippen molar-refractivity contribution in [1.82, 2.24) is 9.88 Å². The smallest absolute Gasteiger partial charge is 0.338 e. The number of anilines is 1. The predicted molar refractivity (Wildman–Crippen MR) is 77.2 cm³/mol. The van der Waals surface area contributed by atoms with Crippen LogP contribution in [0.1, 0.15) is 36.0 Å². The predicted octanol–water partition coefficient (Wildman–Crippen LogP) is 1.98. The molecule has 0 spiro atoms. The lowest BCUT2D eigenvalue weighted by Gasteiger charge is -2.32. The van der Waals surface area contributed by atoms with Gasteiger partial charge < -0.3 is 10.0 Å². The van der Waals surface area contributed by atoms with E-state index in [0.717, 1.165) is 32.6 Å². The number of hydrogen-bond donors (Lipinski definition) is 1. The summed E-state index contributed by atoms with van der Waals surface area (Å²) in [6.45, 7) is 3.69. The molecule has 1 N–H and O–H groups in total. The molecule has 2 saturated heterocycles. The molecule has 5 nitrogen and oxygen atoms in total. The van der Waals surface area contributed by atoms with Gasteiger partial charge in [-0.2, -0.15) is 0 Å². The Labute approximate surface area is 123 Å². The van der Waals surface area contributed by atoms with Gasteiger partial charge >= 0.3 is 5.97 Å². The number of carboxylic acids is 1. The molecule has 0 saturated carbocycles. The first kappa shape index (κ1) is 14.3. The maximum Gasteiger partial charge on any atom is 0.338 e. The number of piperidine rings is 1. The largest absolute Gasteiger partial charge is 0.478 e. The van der Waals surface area contributed by atoms with Crippen LogP contribution in [0.5, 0.6) is 0 Å². The van der Waals surface area contributed by atoms with Gasteiger partial charge in [-0.3, -0.25) is 4.90 Å². The number of hydrogen-bond acceptors (Lipinski definition) is 4. The molecule has 0 radical (unpaired) electrons. The van der Waals surface area contributed by atoms with Gasteiger partial charge in [-0.25, -0.2) is 14.2 Å². The topological polar surface area (TPSA) is 56.7 Å². The van der Waals surface area contributed by atoms with Gasteiger partial charge in [0.25, 0.3) is 0 Å². The van der Waals surface area contributed by atoms with E-state index in [9.17, 15) is 9.18 Å². The minimum atomic E-state index is -1.25. The molecule has 0 bridgehead atoms. The summed E-state index contributed by atoms with van der Waals surface area (Å²) in [6, 6.07) is 1.64. The third-order valence-corrected chi connectivity index (χ3v) is 4.47. The molecular formula is C15H20FN3O2. The molecule has 1 unspecified atom stereocenters. The van der Waals surface area contributed by atoms with E-state index in [-0.39, 0.29) is 11.4 Å². The average Bonchev–Trinajstić information content (AvgIpc) is 2.98. The third kappa shape index (κ3) is 2.85. The van der Waals surface area contributed by atoms with E-state index in [1.54, 1.807) is 0 Å². The summed E-state index contributed by atoms with van der Waals surface area (Å²) < 4.78 is 14.2. The van der Waals surface area contributed by atoms with Gasteiger partial charge in [-0.05, 0) is 38.4 Å². The Morgan fingerprint density at radius 2 is 2.05 bits per heavy atom. The minimum Gasteiger partial charge on any atom is -0.478 e. The minimum absolute atomic E-state index is 0.175. The fourth-order valence-corrected chi connectivity index (χ4v) is 3.33. The third-order valence-electron chi connectivity index (χ3n) is 4.47. The SMILES string of the molecule is O=C(O)c1ccnc(N2CCC(N3CCCCC3)C2)c1F. The van der Waals surface area contributed by atoms with Gasteiger partial charge in [0.1, 0.15) is 5.56 Å². The van der Waals surface area contributed by atoms with Gasteiger partial charge in [0.15, 0.2) is 11.6 Å². The van der Waals surface area contributed by atoms with Crippen LogP contribution in [0.25, 0.3) is 0 Å². The molecule has 1 aromatic rings. The monoisotopic (exact) mass is 293 g/mol. The molecule has 114 valence electrons. The van der Waals surface area contributed by atoms with Crippen molar-refractivity contribution in [2.45, 2.75) is 31.7 Å². The highest BCUT2D eigenvalue weighted by atomic mass is 19.1. The Kier molecular flexibility index (Phi) is 4.05. The van der Waals surface area contributed by atoms with Crippen LogP contribution in [0.4, 0.5) is 10.2 Å². The van der Waals surface area contributed by atoms with Crippen LogP contribution in [0.15, 0.2) is 12.3 Å². The fourth-order valence-electron chi connectivity index (χ4n) is 3.33. The van der Waals surface area contributed by atoms with Gasteiger partial charge in [-0.15, -0.1) is 0 Å². The van der Waals surface area contributed by atoms with Crippen LogP contribution in [0.3, 0.4) is 0 Å². The fraction of sp³-hybridized carbons (Fsp3) is 0.600. The first-order chi connectivity index (χ1) is 10.2. The second-order valence-corrected chi connectivity index (χ2v) is 5.79. The standard InChI is InChI=1S/C15H20FN3O2/c16-13-12(15(20)21)4-6-17-14(13)19-9-5-11(10-19)18-7-2-1-3-8-18/h4,6,11H,1-3,5,7-10H2,(H,20,21). The van der Waals surface area contributed by atoms with E-state index in [4.69, 9.17) is 5.11 Å². The number of carbonyl (C=O) groups is 1.